The first-order valence-corrected chi connectivity index (χ1v) is 15.5. The predicted molar refractivity (Wildman–Crippen MR) is 170 cm³/mol. The monoisotopic (exact) mass is 622 g/mol. The Morgan fingerprint density at radius 3 is 2.48 bits per heavy atom. The van der Waals surface area contributed by atoms with Gasteiger partial charge in [0, 0.05) is 53.9 Å². The molecule has 236 valence electrons. The second-order valence-electron chi connectivity index (χ2n) is 12.1. The number of anilines is 1. The largest absolute Gasteiger partial charge is 0.481 e. The van der Waals surface area contributed by atoms with Crippen LogP contribution in [0.1, 0.15) is 53.7 Å². The topological polar surface area (TPSA) is 131 Å². The number of nitrogens with zero attached hydrogens (tertiary/aromatic N) is 4. The maximum absolute atomic E-state index is 13.9. The fourth-order valence-electron chi connectivity index (χ4n) is 6.91. The van der Waals surface area contributed by atoms with Crippen LogP contribution in [0.2, 0.25) is 0 Å². The predicted octanol–water partition coefficient (Wildman–Crippen LogP) is 3.93. The van der Waals surface area contributed by atoms with Gasteiger partial charge in [-0.05, 0) is 55.8 Å². The molecule has 4 aromatic rings. The number of cyclic esters (lactones) is 1. The van der Waals surface area contributed by atoms with Crippen molar-refractivity contribution in [3.05, 3.63) is 93.3 Å². The van der Waals surface area contributed by atoms with Crippen molar-refractivity contribution in [1.29, 1.82) is 0 Å². The second kappa shape index (κ2) is 11.5. The summed E-state index contributed by atoms with van der Waals surface area (Å²) < 4.78 is 13.9. The number of carbonyl (C=O) groups is 3. The molecular formula is C35H34N4O7. The summed E-state index contributed by atoms with van der Waals surface area (Å²) in [5, 5.41) is 10.9. The summed E-state index contributed by atoms with van der Waals surface area (Å²) in [6, 6.07) is 19.0. The number of carbonyl (C=O) groups excluding carboxylic acids is 2. The molecule has 0 aliphatic carbocycles. The zero-order valence-corrected chi connectivity index (χ0v) is 25.7. The van der Waals surface area contributed by atoms with Crippen LogP contribution in [0.3, 0.4) is 0 Å². The lowest BCUT2D eigenvalue weighted by Gasteiger charge is -2.44. The molecule has 0 saturated carbocycles. The lowest BCUT2D eigenvalue weighted by molar-refractivity contribution is -0.210. The van der Waals surface area contributed by atoms with Gasteiger partial charge in [0.25, 0.3) is 5.56 Å². The molecule has 3 aliphatic heterocycles. The van der Waals surface area contributed by atoms with Crippen molar-refractivity contribution in [3.8, 4) is 11.4 Å². The molecular weight excluding hydrogens is 588 g/mol. The molecule has 1 fully saturated rings. The van der Waals surface area contributed by atoms with Crippen molar-refractivity contribution < 1.29 is 29.0 Å². The molecule has 1 N–H and O–H groups in total. The third-order valence-corrected chi connectivity index (χ3v) is 9.43. The summed E-state index contributed by atoms with van der Waals surface area (Å²) in [4.78, 5) is 60.4. The fourth-order valence-corrected chi connectivity index (χ4v) is 6.91. The van der Waals surface area contributed by atoms with Crippen molar-refractivity contribution in [2.24, 2.45) is 0 Å². The van der Waals surface area contributed by atoms with E-state index in [2.05, 4.69) is 4.90 Å². The van der Waals surface area contributed by atoms with Gasteiger partial charge in [0.1, 0.15) is 12.8 Å². The molecule has 3 aliphatic rings. The van der Waals surface area contributed by atoms with Gasteiger partial charge in [0.15, 0.2) is 11.4 Å². The van der Waals surface area contributed by atoms with E-state index in [-0.39, 0.29) is 30.8 Å². The highest BCUT2D eigenvalue weighted by Gasteiger charge is 2.50. The van der Waals surface area contributed by atoms with Crippen LogP contribution in [0.25, 0.3) is 22.3 Å². The number of ether oxygens (including phenoxy) is 2. The Kier molecular flexibility index (Phi) is 7.45. The maximum atomic E-state index is 13.9. The third kappa shape index (κ3) is 4.96. The van der Waals surface area contributed by atoms with Crippen LogP contribution in [0.5, 0.6) is 0 Å². The lowest BCUT2D eigenvalue weighted by atomic mass is 9.85. The summed E-state index contributed by atoms with van der Waals surface area (Å²) in [5.41, 5.74) is 3.37. The number of carboxylic acids is 1. The minimum absolute atomic E-state index is 0.000637. The van der Waals surface area contributed by atoms with Crippen LogP contribution in [-0.2, 0) is 37.8 Å². The van der Waals surface area contributed by atoms with Crippen molar-refractivity contribution >= 4 is 34.3 Å². The number of rotatable bonds is 8. The van der Waals surface area contributed by atoms with Crippen molar-refractivity contribution in [2.45, 2.75) is 51.7 Å². The molecule has 11 nitrogen and oxygen atoms in total. The molecule has 2 atom stereocenters. The number of benzene rings is 2. The van der Waals surface area contributed by atoms with Crippen LogP contribution < -0.4 is 10.5 Å². The van der Waals surface area contributed by atoms with Gasteiger partial charge in [-0.1, -0.05) is 25.1 Å². The molecule has 2 aromatic heterocycles. The fraction of sp³-hybridized carbons (Fsp3) is 0.343. The molecule has 7 rings (SSSR count). The highest BCUT2D eigenvalue weighted by atomic mass is 16.6. The van der Waals surface area contributed by atoms with Crippen LogP contribution in [0, 0.1) is 0 Å². The summed E-state index contributed by atoms with van der Waals surface area (Å²) in [5.74, 6) is -1.71. The van der Waals surface area contributed by atoms with Gasteiger partial charge >= 0.3 is 11.9 Å². The molecule has 46 heavy (non-hydrogen) atoms. The first-order valence-electron chi connectivity index (χ1n) is 15.5. The zero-order chi connectivity index (χ0) is 32.2. The molecule has 1 saturated heterocycles. The molecule has 0 amide bonds. The highest BCUT2D eigenvalue weighted by Crippen LogP contribution is 2.42. The Balaban J connectivity index is 1.22. The van der Waals surface area contributed by atoms with Gasteiger partial charge in [0.2, 0.25) is 0 Å². The van der Waals surface area contributed by atoms with Crippen molar-refractivity contribution in [1.82, 2.24) is 14.5 Å². The Bertz CT molecular complexity index is 1950. The SMILES string of the molecule is CC[C@@]1(OC(CC(=O)O)N2CCN(c3ccc(C(C)=O)cc3)CC2)C(=O)OCc2c1cc1n(c2=O)Cc2cc3ccccc3nc2-1. The smallest absolute Gasteiger partial charge is 0.343 e. The standard InChI is InChI=1S/C35H34N4O7/c1-3-35(46-30(18-31(41)42)38-14-12-37(13-15-38)25-10-8-22(9-11-25)21(2)40)27-17-29-32-24(16-23-6-4-5-7-28(23)36-32)19-39(29)33(43)26(27)20-45-34(35)44/h4-11,16-17,30H,3,12-15,18-20H2,1-2H3,(H,41,42)/t30?,35-/m0/s1. The van der Waals surface area contributed by atoms with E-state index in [0.717, 1.165) is 22.2 Å². The first kappa shape index (κ1) is 29.8. The summed E-state index contributed by atoms with van der Waals surface area (Å²) in [6.07, 6.45) is -1.18. The first-order chi connectivity index (χ1) is 22.2. The number of hydrogen-bond acceptors (Lipinski definition) is 9. The number of fused-ring (bicyclic) bond motifs is 5. The average molecular weight is 623 g/mol. The van der Waals surface area contributed by atoms with E-state index < -0.39 is 23.8 Å². The Morgan fingerprint density at radius 2 is 1.78 bits per heavy atom. The van der Waals surface area contributed by atoms with Gasteiger partial charge in [-0.2, -0.15) is 0 Å². The van der Waals surface area contributed by atoms with Gasteiger partial charge in [-0.15, -0.1) is 0 Å². The van der Waals surface area contributed by atoms with Gasteiger partial charge in [0.05, 0.1) is 35.4 Å². The molecule has 5 heterocycles. The van der Waals surface area contributed by atoms with Gasteiger partial charge in [-0.3, -0.25) is 19.3 Å². The number of carboxylic acid groups (broad SMARTS) is 1. The van der Waals surface area contributed by atoms with E-state index in [1.54, 1.807) is 23.6 Å². The number of para-hydroxylation sites is 1. The number of pyridine rings is 2. The van der Waals surface area contributed by atoms with E-state index >= 15 is 0 Å². The van der Waals surface area contributed by atoms with E-state index in [9.17, 15) is 24.3 Å². The minimum Gasteiger partial charge on any atom is -0.481 e. The molecule has 11 heteroatoms. The van der Waals surface area contributed by atoms with Crippen molar-refractivity contribution in [2.75, 3.05) is 31.1 Å². The van der Waals surface area contributed by atoms with E-state index in [0.29, 0.717) is 60.8 Å². The number of ketones is 1. The summed E-state index contributed by atoms with van der Waals surface area (Å²) in [6.45, 7) is 5.61. The van der Waals surface area contributed by atoms with Crippen LogP contribution in [-0.4, -0.2) is 69.7 Å². The number of piperazine rings is 1. The molecule has 0 radical (unpaired) electrons. The highest BCUT2D eigenvalue weighted by molar-refractivity contribution is 5.94. The second-order valence-corrected chi connectivity index (χ2v) is 12.1. The Morgan fingerprint density at radius 1 is 1.04 bits per heavy atom. The molecule has 0 bridgehead atoms. The Hall–Kier alpha value is -4.87. The average Bonchev–Trinajstić information content (AvgIpc) is 3.42. The summed E-state index contributed by atoms with van der Waals surface area (Å²) in [7, 11) is 0. The van der Waals surface area contributed by atoms with Crippen LogP contribution in [0.15, 0.2) is 65.5 Å². The molecule has 1 unspecified atom stereocenters. The summed E-state index contributed by atoms with van der Waals surface area (Å²) >= 11 is 0. The van der Waals surface area contributed by atoms with E-state index in [1.807, 2.05) is 53.4 Å². The van der Waals surface area contributed by atoms with Gasteiger partial charge < -0.3 is 24.0 Å². The normalized spacial score (nSPS) is 19.7. The lowest BCUT2D eigenvalue weighted by Crippen LogP contribution is -2.56. The maximum Gasteiger partial charge on any atom is 0.343 e. The molecule has 0 spiro atoms. The number of esters is 1. The Labute approximate surface area is 265 Å². The van der Waals surface area contributed by atoms with E-state index in [1.165, 1.54) is 6.92 Å². The quantitative estimate of drug-likeness (QED) is 0.201. The molecule has 2 aromatic carbocycles. The number of hydrogen-bond donors (Lipinski definition) is 1. The van der Waals surface area contributed by atoms with E-state index in [4.69, 9.17) is 14.5 Å². The van der Waals surface area contributed by atoms with Crippen molar-refractivity contribution in [3.63, 3.8) is 0 Å². The number of aromatic nitrogens is 2. The van der Waals surface area contributed by atoms with Crippen LogP contribution in [0.4, 0.5) is 5.69 Å². The zero-order valence-electron chi connectivity index (χ0n) is 25.7. The van der Waals surface area contributed by atoms with Gasteiger partial charge in [-0.25, -0.2) is 9.78 Å². The van der Waals surface area contributed by atoms with Crippen LogP contribution >= 0.6 is 0 Å². The number of aliphatic carboxylic acids is 1. The number of Topliss-reactive ketones (excluding diaryl/α,β-unsaturated/α-hetero) is 1. The minimum atomic E-state index is -1.68. The third-order valence-electron chi connectivity index (χ3n) is 9.43.